The van der Waals surface area contributed by atoms with E-state index in [1.165, 1.54) is 24.3 Å². The average Bonchev–Trinajstić information content (AvgIpc) is 2.58. The van der Waals surface area contributed by atoms with E-state index in [1.807, 2.05) is 0 Å². The van der Waals surface area contributed by atoms with Crippen LogP contribution in [0.25, 0.3) is 0 Å². The summed E-state index contributed by atoms with van der Waals surface area (Å²) in [6.07, 6.45) is -5.25. The van der Waals surface area contributed by atoms with E-state index in [9.17, 15) is 27.9 Å². The molecular formula is C20H20ClF3O5. The quantitative estimate of drug-likeness (QED) is 0.711. The molecule has 0 aromatic heterocycles. The Morgan fingerprint density at radius 1 is 1.24 bits per heavy atom. The standard InChI is InChI=1S/C20H20ClF3O5/c1-18(2)8-12(25)15-13(9-18)29-19(27,20(22,23)24)16(17(26)28-3)14(15)10-4-6-11(21)7-5-10/h4-7,14,16,27H,8-9H2,1-3H3/t14-,16-,19+/m1/s1. The number of hydrogen-bond donors (Lipinski definition) is 1. The Balaban J connectivity index is 2.31. The second kappa shape index (κ2) is 7.02. The molecule has 0 saturated carbocycles. The highest BCUT2D eigenvalue weighted by atomic mass is 35.5. The fourth-order valence-corrected chi connectivity index (χ4v) is 4.17. The summed E-state index contributed by atoms with van der Waals surface area (Å²) in [5, 5.41) is 11.0. The molecule has 1 aromatic carbocycles. The first-order valence-corrected chi connectivity index (χ1v) is 9.26. The second-order valence-corrected chi connectivity index (χ2v) is 8.54. The van der Waals surface area contributed by atoms with Gasteiger partial charge in [0.25, 0.3) is 0 Å². The van der Waals surface area contributed by atoms with Gasteiger partial charge in [-0.1, -0.05) is 37.6 Å². The number of aliphatic hydroxyl groups is 1. The molecule has 1 aliphatic heterocycles. The van der Waals surface area contributed by atoms with Gasteiger partial charge in [-0.2, -0.15) is 13.2 Å². The number of alkyl halides is 3. The predicted octanol–water partition coefficient (Wildman–Crippen LogP) is 4.14. The number of ketones is 1. The summed E-state index contributed by atoms with van der Waals surface area (Å²) in [6.45, 7) is 3.43. The molecule has 0 fully saturated rings. The second-order valence-electron chi connectivity index (χ2n) is 8.10. The Labute approximate surface area is 170 Å². The Hall–Kier alpha value is -2.06. The van der Waals surface area contributed by atoms with Crippen molar-refractivity contribution in [2.45, 2.75) is 44.6 Å². The molecule has 1 N–H and O–H groups in total. The van der Waals surface area contributed by atoms with Gasteiger partial charge in [0.2, 0.25) is 0 Å². The van der Waals surface area contributed by atoms with Crippen molar-refractivity contribution in [2.24, 2.45) is 11.3 Å². The molecule has 0 saturated heterocycles. The number of rotatable bonds is 2. The van der Waals surface area contributed by atoms with Crippen molar-refractivity contribution in [3.8, 4) is 0 Å². The number of halogens is 4. The third-order valence-corrected chi connectivity index (χ3v) is 5.57. The minimum atomic E-state index is -5.32. The van der Waals surface area contributed by atoms with Gasteiger partial charge in [0.15, 0.2) is 5.78 Å². The molecule has 0 unspecified atom stereocenters. The number of Topliss-reactive ketones (excluding diaryl/α,β-unsaturated/α-hetero) is 1. The Kier molecular flexibility index (Phi) is 5.24. The van der Waals surface area contributed by atoms with Crippen LogP contribution in [0.2, 0.25) is 5.02 Å². The van der Waals surface area contributed by atoms with Crippen LogP contribution in [0.4, 0.5) is 13.2 Å². The van der Waals surface area contributed by atoms with Gasteiger partial charge in [-0.15, -0.1) is 0 Å². The van der Waals surface area contributed by atoms with Gasteiger partial charge in [-0.05, 0) is 23.1 Å². The first-order chi connectivity index (χ1) is 13.3. The van der Waals surface area contributed by atoms with E-state index >= 15 is 0 Å². The lowest BCUT2D eigenvalue weighted by Gasteiger charge is -2.47. The van der Waals surface area contributed by atoms with Crippen molar-refractivity contribution in [1.29, 1.82) is 0 Å². The van der Waals surface area contributed by atoms with E-state index in [4.69, 9.17) is 16.3 Å². The smallest absolute Gasteiger partial charge is 0.456 e. The molecule has 9 heteroatoms. The highest BCUT2D eigenvalue weighted by Gasteiger charge is 2.70. The number of benzene rings is 1. The van der Waals surface area contributed by atoms with Crippen molar-refractivity contribution < 1.29 is 37.3 Å². The maximum atomic E-state index is 14.0. The molecule has 1 aliphatic carbocycles. The first-order valence-electron chi connectivity index (χ1n) is 8.88. The molecular weight excluding hydrogens is 413 g/mol. The summed E-state index contributed by atoms with van der Waals surface area (Å²) in [6, 6.07) is 5.71. The lowest BCUT2D eigenvalue weighted by molar-refractivity contribution is -0.378. The van der Waals surface area contributed by atoms with Gasteiger partial charge in [0.05, 0.1) is 7.11 Å². The Morgan fingerprint density at radius 3 is 2.34 bits per heavy atom. The lowest BCUT2D eigenvalue weighted by Crippen LogP contribution is -2.61. The molecule has 0 spiro atoms. The van der Waals surface area contributed by atoms with Crippen LogP contribution in [0.15, 0.2) is 35.6 Å². The third-order valence-electron chi connectivity index (χ3n) is 5.31. The molecule has 1 heterocycles. The molecule has 5 nitrogen and oxygen atoms in total. The van der Waals surface area contributed by atoms with Crippen LogP contribution < -0.4 is 0 Å². The first kappa shape index (κ1) is 21.6. The van der Waals surface area contributed by atoms with Crippen molar-refractivity contribution in [3.05, 3.63) is 46.2 Å². The Morgan fingerprint density at radius 2 is 1.83 bits per heavy atom. The molecule has 3 atom stereocenters. The third kappa shape index (κ3) is 3.64. The van der Waals surface area contributed by atoms with E-state index < -0.39 is 41.0 Å². The summed E-state index contributed by atoms with van der Waals surface area (Å²) in [5.74, 6) is -9.51. The van der Waals surface area contributed by atoms with Crippen LogP contribution in [-0.4, -0.2) is 35.9 Å². The molecule has 3 rings (SSSR count). The molecule has 1 aromatic rings. The van der Waals surface area contributed by atoms with Crippen LogP contribution in [0.5, 0.6) is 0 Å². The van der Waals surface area contributed by atoms with Crippen molar-refractivity contribution in [3.63, 3.8) is 0 Å². The van der Waals surface area contributed by atoms with Gasteiger partial charge >= 0.3 is 17.9 Å². The van der Waals surface area contributed by atoms with Crippen molar-refractivity contribution in [2.75, 3.05) is 7.11 Å². The number of ether oxygens (including phenoxy) is 2. The molecule has 29 heavy (non-hydrogen) atoms. The minimum absolute atomic E-state index is 0.00441. The zero-order chi connectivity index (χ0) is 21.8. The predicted molar refractivity (Wildman–Crippen MR) is 96.8 cm³/mol. The average molecular weight is 433 g/mol. The minimum Gasteiger partial charge on any atom is -0.469 e. The van der Waals surface area contributed by atoms with Crippen LogP contribution in [-0.2, 0) is 19.1 Å². The lowest BCUT2D eigenvalue weighted by atomic mass is 9.66. The van der Waals surface area contributed by atoms with E-state index in [0.717, 1.165) is 7.11 Å². The van der Waals surface area contributed by atoms with Crippen molar-refractivity contribution >= 4 is 23.4 Å². The van der Waals surface area contributed by atoms with Crippen LogP contribution in [0.1, 0.15) is 38.2 Å². The number of carbonyl (C=O) groups is 2. The van der Waals surface area contributed by atoms with Gasteiger partial charge in [-0.25, -0.2) is 0 Å². The van der Waals surface area contributed by atoms with Crippen LogP contribution >= 0.6 is 11.6 Å². The zero-order valence-corrected chi connectivity index (χ0v) is 16.7. The van der Waals surface area contributed by atoms with E-state index in [-0.39, 0.29) is 29.7 Å². The largest absolute Gasteiger partial charge is 0.469 e. The molecule has 0 amide bonds. The summed E-state index contributed by atoms with van der Waals surface area (Å²) >= 11 is 5.88. The molecule has 0 bridgehead atoms. The fourth-order valence-electron chi connectivity index (χ4n) is 4.05. The number of hydrogen-bond acceptors (Lipinski definition) is 5. The maximum Gasteiger partial charge on any atom is 0.456 e. The van der Waals surface area contributed by atoms with Gasteiger partial charge in [0.1, 0.15) is 11.7 Å². The molecule has 158 valence electrons. The summed E-state index contributed by atoms with van der Waals surface area (Å²) < 4.78 is 51.5. The van der Waals surface area contributed by atoms with Gasteiger partial charge in [-0.3, -0.25) is 9.59 Å². The van der Waals surface area contributed by atoms with E-state index in [0.29, 0.717) is 5.02 Å². The number of carbonyl (C=O) groups excluding carboxylic acids is 2. The topological polar surface area (TPSA) is 72.8 Å². The summed E-state index contributed by atoms with van der Waals surface area (Å²) in [5.41, 5.74) is -0.488. The van der Waals surface area contributed by atoms with Crippen LogP contribution in [0.3, 0.4) is 0 Å². The monoisotopic (exact) mass is 432 g/mol. The van der Waals surface area contributed by atoms with Gasteiger partial charge in [0, 0.05) is 29.4 Å². The number of methoxy groups -OCH3 is 1. The van der Waals surface area contributed by atoms with E-state index in [2.05, 4.69) is 4.74 Å². The summed E-state index contributed by atoms with van der Waals surface area (Å²) in [7, 11) is 0.910. The van der Waals surface area contributed by atoms with Crippen LogP contribution in [0, 0.1) is 11.3 Å². The highest BCUT2D eigenvalue weighted by Crippen LogP contribution is 2.56. The van der Waals surface area contributed by atoms with Gasteiger partial charge < -0.3 is 14.6 Å². The summed E-state index contributed by atoms with van der Waals surface area (Å²) in [4.78, 5) is 25.4. The fraction of sp³-hybridized carbons (Fsp3) is 0.500. The number of allylic oxidation sites excluding steroid dienone is 2. The maximum absolute atomic E-state index is 14.0. The SMILES string of the molecule is COC(=O)[C@H]1[C@H](c2ccc(Cl)cc2)C2=C(CC(C)(C)CC2=O)O[C@]1(O)C(F)(F)F. The van der Waals surface area contributed by atoms with E-state index in [1.54, 1.807) is 13.8 Å². The zero-order valence-electron chi connectivity index (χ0n) is 16.0. The Bertz CT molecular complexity index is 875. The normalized spacial score (nSPS) is 29.2. The highest BCUT2D eigenvalue weighted by molar-refractivity contribution is 6.30. The molecule has 0 radical (unpaired) electrons. The number of esters is 1. The van der Waals surface area contributed by atoms with Crippen molar-refractivity contribution in [1.82, 2.24) is 0 Å². The molecule has 2 aliphatic rings.